The Kier molecular flexibility index (Phi) is 5.76. The summed E-state index contributed by atoms with van der Waals surface area (Å²) in [5.41, 5.74) is 2.06. The van der Waals surface area contributed by atoms with Crippen LogP contribution < -0.4 is 10.6 Å². The first-order valence-electron chi connectivity index (χ1n) is 7.86. The van der Waals surface area contributed by atoms with Crippen LogP contribution >= 0.6 is 0 Å². The highest BCUT2D eigenvalue weighted by molar-refractivity contribution is 5.92. The van der Waals surface area contributed by atoms with Crippen LogP contribution in [0.25, 0.3) is 0 Å². The SMILES string of the molecule is CCCNC(C)c1cccc(NC(=O)C2COC(C)C2)c1. The number of carbonyl (C=O) groups is 1. The fraction of sp³-hybridized carbons (Fsp3) is 0.588. The molecule has 4 heteroatoms. The lowest BCUT2D eigenvalue weighted by Gasteiger charge is -2.15. The molecule has 1 aromatic carbocycles. The molecule has 21 heavy (non-hydrogen) atoms. The van der Waals surface area contributed by atoms with Crippen molar-refractivity contribution in [2.45, 2.75) is 45.8 Å². The molecule has 3 unspecified atom stereocenters. The fourth-order valence-corrected chi connectivity index (χ4v) is 2.61. The minimum atomic E-state index is -0.0284. The van der Waals surface area contributed by atoms with Crippen molar-refractivity contribution in [3.8, 4) is 0 Å². The third kappa shape index (κ3) is 4.55. The van der Waals surface area contributed by atoms with E-state index in [9.17, 15) is 4.79 Å². The molecule has 1 saturated heterocycles. The van der Waals surface area contributed by atoms with Crippen molar-refractivity contribution in [1.29, 1.82) is 0 Å². The zero-order chi connectivity index (χ0) is 15.2. The van der Waals surface area contributed by atoms with E-state index >= 15 is 0 Å². The molecular formula is C17H26N2O2. The van der Waals surface area contributed by atoms with Crippen molar-refractivity contribution >= 4 is 11.6 Å². The van der Waals surface area contributed by atoms with E-state index in [0.29, 0.717) is 6.61 Å². The number of benzene rings is 1. The Balaban J connectivity index is 1.95. The summed E-state index contributed by atoms with van der Waals surface area (Å²) in [4.78, 5) is 12.2. The standard InChI is InChI=1S/C17H26N2O2/c1-4-8-18-13(3)14-6-5-7-16(10-14)19-17(20)15-9-12(2)21-11-15/h5-7,10,12-13,15,18H,4,8-9,11H2,1-3H3,(H,19,20). The second-order valence-corrected chi connectivity index (χ2v) is 5.87. The predicted molar refractivity (Wildman–Crippen MR) is 85.3 cm³/mol. The molecule has 0 bridgehead atoms. The summed E-state index contributed by atoms with van der Waals surface area (Å²) in [7, 11) is 0. The zero-order valence-corrected chi connectivity index (χ0v) is 13.2. The van der Waals surface area contributed by atoms with Crippen molar-refractivity contribution < 1.29 is 9.53 Å². The maximum atomic E-state index is 12.2. The van der Waals surface area contributed by atoms with Gasteiger partial charge in [-0.1, -0.05) is 19.1 Å². The van der Waals surface area contributed by atoms with Gasteiger partial charge in [0.25, 0.3) is 0 Å². The topological polar surface area (TPSA) is 50.4 Å². The predicted octanol–water partition coefficient (Wildman–Crippen LogP) is 3.11. The summed E-state index contributed by atoms with van der Waals surface area (Å²) in [5, 5.41) is 6.47. The first-order chi connectivity index (χ1) is 10.1. The molecule has 0 aliphatic carbocycles. The van der Waals surface area contributed by atoms with Crippen molar-refractivity contribution in [2.75, 3.05) is 18.5 Å². The molecule has 3 atom stereocenters. The quantitative estimate of drug-likeness (QED) is 0.846. The van der Waals surface area contributed by atoms with Gasteiger partial charge in [-0.2, -0.15) is 0 Å². The van der Waals surface area contributed by atoms with Crippen LogP contribution in [0.5, 0.6) is 0 Å². The average Bonchev–Trinajstić information content (AvgIpc) is 2.91. The number of anilines is 1. The Morgan fingerprint density at radius 1 is 1.48 bits per heavy atom. The summed E-state index contributed by atoms with van der Waals surface area (Å²) >= 11 is 0. The minimum Gasteiger partial charge on any atom is -0.378 e. The molecular weight excluding hydrogens is 264 g/mol. The van der Waals surface area contributed by atoms with Crippen molar-refractivity contribution in [3.05, 3.63) is 29.8 Å². The molecule has 2 N–H and O–H groups in total. The van der Waals surface area contributed by atoms with Gasteiger partial charge in [0.15, 0.2) is 0 Å². The lowest BCUT2D eigenvalue weighted by atomic mass is 10.0. The van der Waals surface area contributed by atoms with Gasteiger partial charge in [0, 0.05) is 11.7 Å². The Hall–Kier alpha value is -1.39. The first-order valence-corrected chi connectivity index (χ1v) is 7.86. The van der Waals surface area contributed by atoms with E-state index < -0.39 is 0 Å². The van der Waals surface area contributed by atoms with Crippen LogP contribution in [-0.4, -0.2) is 25.2 Å². The van der Waals surface area contributed by atoms with Gasteiger partial charge in [-0.15, -0.1) is 0 Å². The Morgan fingerprint density at radius 2 is 2.29 bits per heavy atom. The highest BCUT2D eigenvalue weighted by Crippen LogP contribution is 2.22. The maximum absolute atomic E-state index is 12.2. The van der Waals surface area contributed by atoms with Gasteiger partial charge in [-0.05, 0) is 50.9 Å². The van der Waals surface area contributed by atoms with E-state index in [1.54, 1.807) is 0 Å². The van der Waals surface area contributed by atoms with Crippen molar-refractivity contribution in [3.63, 3.8) is 0 Å². The molecule has 4 nitrogen and oxygen atoms in total. The molecule has 1 aliphatic rings. The number of nitrogens with one attached hydrogen (secondary N) is 2. The molecule has 0 radical (unpaired) electrons. The molecule has 1 aliphatic heterocycles. The van der Waals surface area contributed by atoms with Gasteiger partial charge in [0.05, 0.1) is 18.6 Å². The van der Waals surface area contributed by atoms with Crippen LogP contribution in [-0.2, 0) is 9.53 Å². The van der Waals surface area contributed by atoms with Crippen LogP contribution in [0.15, 0.2) is 24.3 Å². The smallest absolute Gasteiger partial charge is 0.229 e. The maximum Gasteiger partial charge on any atom is 0.229 e. The molecule has 0 aromatic heterocycles. The number of rotatable bonds is 6. The van der Waals surface area contributed by atoms with Gasteiger partial charge in [0.2, 0.25) is 5.91 Å². The van der Waals surface area contributed by atoms with Crippen LogP contribution in [0.1, 0.15) is 45.2 Å². The third-order valence-electron chi connectivity index (χ3n) is 3.92. The fourth-order valence-electron chi connectivity index (χ4n) is 2.61. The normalized spacial score (nSPS) is 23.0. The second kappa shape index (κ2) is 7.57. The number of hydrogen-bond donors (Lipinski definition) is 2. The first kappa shape index (κ1) is 16.0. The van der Waals surface area contributed by atoms with Gasteiger partial charge in [0.1, 0.15) is 0 Å². The zero-order valence-electron chi connectivity index (χ0n) is 13.2. The molecule has 1 heterocycles. The van der Waals surface area contributed by atoms with E-state index in [1.165, 1.54) is 5.56 Å². The van der Waals surface area contributed by atoms with Gasteiger partial charge < -0.3 is 15.4 Å². The summed E-state index contributed by atoms with van der Waals surface area (Å²) in [6.45, 7) is 7.83. The summed E-state index contributed by atoms with van der Waals surface area (Å²) in [5.74, 6) is 0.0324. The summed E-state index contributed by atoms with van der Waals surface area (Å²) in [6.07, 6.45) is 2.10. The van der Waals surface area contributed by atoms with Crippen LogP contribution in [0, 0.1) is 5.92 Å². The van der Waals surface area contributed by atoms with E-state index in [1.807, 2.05) is 25.1 Å². The van der Waals surface area contributed by atoms with E-state index in [-0.39, 0.29) is 24.0 Å². The molecule has 1 aromatic rings. The summed E-state index contributed by atoms with van der Waals surface area (Å²) in [6, 6.07) is 8.35. The van der Waals surface area contributed by atoms with E-state index in [4.69, 9.17) is 4.74 Å². The van der Waals surface area contributed by atoms with Crippen LogP contribution in [0.4, 0.5) is 5.69 Å². The number of ether oxygens (including phenoxy) is 1. The monoisotopic (exact) mass is 290 g/mol. The Bertz CT molecular complexity index is 476. The van der Waals surface area contributed by atoms with Gasteiger partial charge in [-0.3, -0.25) is 4.79 Å². The number of carbonyl (C=O) groups excluding carboxylic acids is 1. The van der Waals surface area contributed by atoms with E-state index in [2.05, 4.69) is 30.5 Å². The Labute approximate surface area is 127 Å². The molecule has 0 spiro atoms. The van der Waals surface area contributed by atoms with E-state index in [0.717, 1.165) is 25.1 Å². The number of amides is 1. The molecule has 1 amide bonds. The lowest BCUT2D eigenvalue weighted by Crippen LogP contribution is -2.23. The van der Waals surface area contributed by atoms with Crippen LogP contribution in [0.2, 0.25) is 0 Å². The molecule has 116 valence electrons. The minimum absolute atomic E-state index is 0.0284. The second-order valence-electron chi connectivity index (χ2n) is 5.87. The van der Waals surface area contributed by atoms with Gasteiger partial charge >= 0.3 is 0 Å². The molecule has 1 fully saturated rings. The van der Waals surface area contributed by atoms with Crippen molar-refractivity contribution in [2.24, 2.45) is 5.92 Å². The lowest BCUT2D eigenvalue weighted by molar-refractivity contribution is -0.119. The highest BCUT2D eigenvalue weighted by Gasteiger charge is 2.28. The van der Waals surface area contributed by atoms with Gasteiger partial charge in [-0.25, -0.2) is 0 Å². The molecule has 0 saturated carbocycles. The largest absolute Gasteiger partial charge is 0.378 e. The Morgan fingerprint density at radius 3 is 2.95 bits per heavy atom. The number of hydrogen-bond acceptors (Lipinski definition) is 3. The molecule has 2 rings (SSSR count). The van der Waals surface area contributed by atoms with Crippen LogP contribution in [0.3, 0.4) is 0 Å². The van der Waals surface area contributed by atoms with Crippen molar-refractivity contribution in [1.82, 2.24) is 5.32 Å². The highest BCUT2D eigenvalue weighted by atomic mass is 16.5. The summed E-state index contributed by atoms with van der Waals surface area (Å²) < 4.78 is 5.46. The average molecular weight is 290 g/mol. The third-order valence-corrected chi connectivity index (χ3v) is 3.92.